The van der Waals surface area contributed by atoms with Gasteiger partial charge < -0.3 is 25.8 Å². The molecule has 0 heterocycles. The molecule has 1 aromatic carbocycles. The van der Waals surface area contributed by atoms with Gasteiger partial charge in [-0.1, -0.05) is 0 Å². The van der Waals surface area contributed by atoms with Gasteiger partial charge in [-0.15, -0.1) is 0 Å². The van der Waals surface area contributed by atoms with Crippen molar-refractivity contribution in [3.63, 3.8) is 0 Å². The van der Waals surface area contributed by atoms with Crippen molar-refractivity contribution in [2.24, 2.45) is 11.5 Å². The van der Waals surface area contributed by atoms with Crippen molar-refractivity contribution in [1.82, 2.24) is 4.90 Å². The third-order valence-corrected chi connectivity index (χ3v) is 3.14. The summed E-state index contributed by atoms with van der Waals surface area (Å²) in [6.45, 7) is 4.07. The topological polar surface area (TPSA) is 73.7 Å². The second-order valence-electron chi connectivity index (χ2n) is 4.82. The Kier molecular flexibility index (Phi) is 6.08. The Morgan fingerprint density at radius 1 is 1.26 bits per heavy atom. The van der Waals surface area contributed by atoms with Crippen LogP contribution < -0.4 is 20.9 Å². The summed E-state index contributed by atoms with van der Waals surface area (Å²) in [6, 6.07) is 3.91. The first-order chi connectivity index (χ1) is 9.01. The summed E-state index contributed by atoms with van der Waals surface area (Å²) >= 11 is 0. The molecule has 0 saturated carbocycles. The number of aryl methyl sites for hydroxylation is 1. The maximum Gasteiger partial charge on any atom is 0.127 e. The maximum absolute atomic E-state index is 5.86. The molecule has 0 aliphatic rings. The first-order valence-electron chi connectivity index (χ1n) is 6.37. The number of rotatable bonds is 7. The monoisotopic (exact) mass is 267 g/mol. The van der Waals surface area contributed by atoms with E-state index >= 15 is 0 Å². The Morgan fingerprint density at radius 2 is 1.95 bits per heavy atom. The van der Waals surface area contributed by atoms with Crippen LogP contribution in [0.1, 0.15) is 11.1 Å². The zero-order valence-electron chi connectivity index (χ0n) is 12.3. The van der Waals surface area contributed by atoms with E-state index in [-0.39, 0.29) is 6.04 Å². The Labute approximate surface area is 115 Å². The second-order valence-corrected chi connectivity index (χ2v) is 4.82. The van der Waals surface area contributed by atoms with Crippen molar-refractivity contribution < 1.29 is 9.47 Å². The zero-order valence-corrected chi connectivity index (χ0v) is 12.3. The number of hydrogen-bond acceptors (Lipinski definition) is 5. The fourth-order valence-electron chi connectivity index (χ4n) is 2.06. The van der Waals surface area contributed by atoms with Crippen LogP contribution in [0.2, 0.25) is 0 Å². The van der Waals surface area contributed by atoms with Crippen molar-refractivity contribution >= 4 is 0 Å². The van der Waals surface area contributed by atoms with Gasteiger partial charge in [-0.2, -0.15) is 0 Å². The predicted octanol–water partition coefficient (Wildman–Crippen LogP) is 0.730. The van der Waals surface area contributed by atoms with E-state index in [1.807, 2.05) is 19.2 Å². The maximum atomic E-state index is 5.86. The van der Waals surface area contributed by atoms with Gasteiger partial charge in [-0.05, 0) is 25.6 Å². The molecule has 1 rings (SSSR count). The van der Waals surface area contributed by atoms with Crippen molar-refractivity contribution in [2.45, 2.75) is 19.5 Å². The molecule has 0 fully saturated rings. The first-order valence-corrected chi connectivity index (χ1v) is 6.37. The number of likely N-dealkylation sites (N-methyl/N-ethyl adjacent to an activating group) is 1. The van der Waals surface area contributed by atoms with Gasteiger partial charge in [0.25, 0.3) is 0 Å². The molecule has 0 aromatic heterocycles. The summed E-state index contributed by atoms with van der Waals surface area (Å²) in [5.74, 6) is 1.64. The van der Waals surface area contributed by atoms with E-state index in [0.29, 0.717) is 6.54 Å². The van der Waals surface area contributed by atoms with Crippen LogP contribution in [0.5, 0.6) is 11.5 Å². The average molecular weight is 267 g/mol. The summed E-state index contributed by atoms with van der Waals surface area (Å²) in [7, 11) is 5.35. The lowest BCUT2D eigenvalue weighted by atomic mass is 10.1. The predicted molar refractivity (Wildman–Crippen MR) is 77.6 cm³/mol. The van der Waals surface area contributed by atoms with Gasteiger partial charge in [0.1, 0.15) is 11.5 Å². The molecule has 108 valence electrons. The van der Waals surface area contributed by atoms with Gasteiger partial charge in [0.2, 0.25) is 0 Å². The lowest BCUT2D eigenvalue weighted by Crippen LogP contribution is -2.40. The van der Waals surface area contributed by atoms with Crippen LogP contribution in [-0.4, -0.2) is 45.3 Å². The number of benzene rings is 1. The van der Waals surface area contributed by atoms with Gasteiger partial charge in [0.05, 0.1) is 14.2 Å². The summed E-state index contributed by atoms with van der Waals surface area (Å²) in [5, 5.41) is 0. The minimum Gasteiger partial charge on any atom is -0.497 e. The van der Waals surface area contributed by atoms with Crippen molar-refractivity contribution in [3.05, 3.63) is 23.3 Å². The van der Waals surface area contributed by atoms with Crippen molar-refractivity contribution in [3.8, 4) is 11.5 Å². The standard InChI is InChI=1S/C14H25N3O2/c1-10-5-12(18-3)6-14(19-4)13(10)9-17(2)8-11(16)7-15/h5-6,11H,7-9,15-16H2,1-4H3. The highest BCUT2D eigenvalue weighted by atomic mass is 16.5. The van der Waals surface area contributed by atoms with Crippen LogP contribution in [0.4, 0.5) is 0 Å². The molecule has 0 radical (unpaired) electrons. The molecular weight excluding hydrogens is 242 g/mol. The second kappa shape index (κ2) is 7.33. The molecule has 0 amide bonds. The normalized spacial score (nSPS) is 12.6. The number of hydrogen-bond donors (Lipinski definition) is 2. The minimum absolute atomic E-state index is 0.00505. The molecule has 1 aromatic rings. The van der Waals surface area contributed by atoms with Gasteiger partial charge in [-0.3, -0.25) is 0 Å². The number of nitrogens with two attached hydrogens (primary N) is 2. The summed E-state index contributed by atoms with van der Waals surface area (Å²) < 4.78 is 10.7. The van der Waals surface area contributed by atoms with E-state index < -0.39 is 0 Å². The van der Waals surface area contributed by atoms with Gasteiger partial charge in [0, 0.05) is 37.3 Å². The molecule has 5 heteroatoms. The molecule has 0 spiro atoms. The molecule has 19 heavy (non-hydrogen) atoms. The van der Waals surface area contributed by atoms with Crippen LogP contribution in [0.25, 0.3) is 0 Å². The quantitative estimate of drug-likeness (QED) is 0.762. The SMILES string of the molecule is COc1cc(C)c(CN(C)CC(N)CN)c(OC)c1. The molecule has 1 atom stereocenters. The molecule has 1 unspecified atom stereocenters. The molecule has 5 nitrogen and oxygen atoms in total. The van der Waals surface area contributed by atoms with Crippen LogP contribution >= 0.6 is 0 Å². The Morgan fingerprint density at radius 3 is 2.47 bits per heavy atom. The molecule has 0 aliphatic carbocycles. The highest BCUT2D eigenvalue weighted by molar-refractivity contribution is 5.46. The van der Waals surface area contributed by atoms with Crippen LogP contribution in [0.15, 0.2) is 12.1 Å². The summed E-state index contributed by atoms with van der Waals surface area (Å²) in [5.41, 5.74) is 13.7. The van der Waals surface area contributed by atoms with Crippen molar-refractivity contribution in [2.75, 3.05) is 34.4 Å². The van der Waals surface area contributed by atoms with E-state index in [2.05, 4.69) is 11.8 Å². The van der Waals surface area contributed by atoms with Gasteiger partial charge in [0.15, 0.2) is 0 Å². The fraction of sp³-hybridized carbons (Fsp3) is 0.571. The highest BCUT2D eigenvalue weighted by Gasteiger charge is 2.13. The smallest absolute Gasteiger partial charge is 0.127 e. The average Bonchev–Trinajstić information content (AvgIpc) is 2.40. The van der Waals surface area contributed by atoms with Crippen LogP contribution in [0, 0.1) is 6.92 Å². The fourth-order valence-corrected chi connectivity index (χ4v) is 2.06. The number of ether oxygens (including phenoxy) is 2. The number of methoxy groups -OCH3 is 2. The third kappa shape index (κ3) is 4.38. The lowest BCUT2D eigenvalue weighted by Gasteiger charge is -2.23. The minimum atomic E-state index is -0.00505. The van der Waals surface area contributed by atoms with Crippen LogP contribution in [-0.2, 0) is 6.54 Å². The van der Waals surface area contributed by atoms with E-state index in [4.69, 9.17) is 20.9 Å². The van der Waals surface area contributed by atoms with Crippen LogP contribution in [0.3, 0.4) is 0 Å². The molecule has 0 bridgehead atoms. The molecule has 0 aliphatic heterocycles. The first kappa shape index (κ1) is 15.8. The number of nitrogens with zero attached hydrogens (tertiary/aromatic N) is 1. The lowest BCUT2D eigenvalue weighted by molar-refractivity contribution is 0.297. The molecule has 4 N–H and O–H groups in total. The Balaban J connectivity index is 2.87. The van der Waals surface area contributed by atoms with Gasteiger partial charge >= 0.3 is 0 Å². The van der Waals surface area contributed by atoms with Gasteiger partial charge in [-0.25, -0.2) is 0 Å². The van der Waals surface area contributed by atoms with Crippen molar-refractivity contribution in [1.29, 1.82) is 0 Å². The van der Waals surface area contributed by atoms with E-state index in [9.17, 15) is 0 Å². The Bertz CT molecular complexity index is 410. The van der Waals surface area contributed by atoms with E-state index in [1.54, 1.807) is 14.2 Å². The zero-order chi connectivity index (χ0) is 14.4. The summed E-state index contributed by atoms with van der Waals surface area (Å²) in [4.78, 5) is 2.15. The largest absolute Gasteiger partial charge is 0.497 e. The highest BCUT2D eigenvalue weighted by Crippen LogP contribution is 2.29. The summed E-state index contributed by atoms with van der Waals surface area (Å²) in [6.07, 6.45) is 0. The molecular formula is C14H25N3O2. The van der Waals surface area contributed by atoms with E-state index in [0.717, 1.165) is 35.7 Å². The Hall–Kier alpha value is -1.30. The third-order valence-electron chi connectivity index (χ3n) is 3.14. The van der Waals surface area contributed by atoms with E-state index in [1.165, 1.54) is 0 Å². The molecule has 0 saturated heterocycles.